The number of nitrogens with zero attached hydrogens (tertiary/aromatic N) is 3. The van der Waals surface area contributed by atoms with Crippen LogP contribution in [-0.2, 0) is 0 Å². The Morgan fingerprint density at radius 1 is 0.818 bits per heavy atom. The van der Waals surface area contributed by atoms with Gasteiger partial charge in [0.1, 0.15) is 6.54 Å². The molecule has 0 unspecified atom stereocenters. The van der Waals surface area contributed by atoms with Gasteiger partial charge < -0.3 is 0 Å². The van der Waals surface area contributed by atoms with Crippen LogP contribution in [0.3, 0.4) is 0 Å². The van der Waals surface area contributed by atoms with Crippen LogP contribution in [0.25, 0.3) is 0 Å². The summed E-state index contributed by atoms with van der Waals surface area (Å²) in [6.45, 7) is -1.76. The van der Waals surface area contributed by atoms with Gasteiger partial charge in [0, 0.05) is 16.0 Å². The van der Waals surface area contributed by atoms with Crippen LogP contribution < -0.4 is 0 Å². The molecule has 0 bridgehead atoms. The topological polar surface area (TPSA) is 9.72 Å². The van der Waals surface area contributed by atoms with Crippen molar-refractivity contribution in [2.24, 2.45) is 0 Å². The van der Waals surface area contributed by atoms with Gasteiger partial charge in [0.15, 0.2) is 0 Å². The van der Waals surface area contributed by atoms with Crippen LogP contribution >= 0.6 is 0 Å². The van der Waals surface area contributed by atoms with Crippen molar-refractivity contribution in [1.29, 1.82) is 0 Å². The molecule has 0 N–H and O–H groups in total. The summed E-state index contributed by atoms with van der Waals surface area (Å²) < 4.78 is 67.3. The molecule has 0 aromatic heterocycles. The lowest BCUT2D eigenvalue weighted by Crippen LogP contribution is -2.38. The summed E-state index contributed by atoms with van der Waals surface area (Å²) in [4.78, 5) is 0. The van der Waals surface area contributed by atoms with E-state index in [9.17, 15) is 26.9 Å². The van der Waals surface area contributed by atoms with Crippen molar-refractivity contribution in [1.82, 2.24) is 16.0 Å². The van der Waals surface area contributed by atoms with Gasteiger partial charge in [-0.1, -0.05) is 17.9 Å². The molecule has 0 aliphatic heterocycles. The average Bonchev–Trinajstić information content (AvgIpc) is 1.81. The van der Waals surface area contributed by atoms with E-state index in [1.54, 1.807) is 0 Å². The minimum absolute atomic E-state index is 1.76. The van der Waals surface area contributed by atoms with E-state index in [0.717, 1.165) is 0 Å². The van der Waals surface area contributed by atoms with E-state index >= 15 is 0 Å². The van der Waals surface area contributed by atoms with Gasteiger partial charge in [-0.15, -0.1) is 8.96 Å². The summed E-state index contributed by atoms with van der Waals surface area (Å²) in [6, 6.07) is 0. The second-order valence-electron chi connectivity index (χ2n) is 1.48. The zero-order valence-electron chi connectivity index (χ0n) is 4.89. The van der Waals surface area contributed by atoms with Crippen molar-refractivity contribution in [3.05, 3.63) is 0 Å². The minimum Gasteiger partial charge on any atom is -0.101 e. The second kappa shape index (κ2) is 4.36. The van der Waals surface area contributed by atoms with Crippen molar-refractivity contribution in [3.63, 3.8) is 0 Å². The van der Waals surface area contributed by atoms with Crippen LogP contribution in [0.2, 0.25) is 0 Å². The number of hydrogen-bond donors (Lipinski definition) is 0. The Kier molecular flexibility index (Phi) is 4.15. The summed E-state index contributed by atoms with van der Waals surface area (Å²) in [6.07, 6.45) is -2.91. The zero-order chi connectivity index (χ0) is 9.02. The highest BCUT2D eigenvalue weighted by molar-refractivity contribution is 4.50. The van der Waals surface area contributed by atoms with E-state index < -0.39 is 28.7 Å². The van der Waals surface area contributed by atoms with E-state index in [2.05, 4.69) is 0 Å². The molecule has 0 aromatic carbocycles. The largest absolute Gasteiger partial charge is 0.203 e. The van der Waals surface area contributed by atoms with Crippen LogP contribution in [0, 0.1) is 0 Å². The molecule has 0 saturated carbocycles. The van der Waals surface area contributed by atoms with Crippen LogP contribution in [0.15, 0.2) is 0 Å². The summed E-state index contributed by atoms with van der Waals surface area (Å²) in [5, 5.41) is -5.78. The molecule has 0 heterocycles. The Hall–Kier alpha value is -0.540. The van der Waals surface area contributed by atoms with Crippen molar-refractivity contribution in [3.8, 4) is 0 Å². The third kappa shape index (κ3) is 4.01. The van der Waals surface area contributed by atoms with Gasteiger partial charge in [-0.05, 0) is 0 Å². The highest BCUT2D eigenvalue weighted by atomic mass is 19.4. The van der Waals surface area contributed by atoms with Gasteiger partial charge in [0.2, 0.25) is 6.17 Å². The molecule has 9 heteroatoms. The molecule has 0 spiro atoms. The Labute approximate surface area is 57.0 Å². The molecular formula is C2H3F6N3. The van der Waals surface area contributed by atoms with Gasteiger partial charge in [-0.25, -0.2) is 0 Å². The molecule has 0 saturated heterocycles. The second-order valence-corrected chi connectivity index (χ2v) is 1.48. The highest BCUT2D eigenvalue weighted by Crippen LogP contribution is 2.11. The smallest absolute Gasteiger partial charge is 0.101 e. The van der Waals surface area contributed by atoms with E-state index in [0.29, 0.717) is 0 Å². The molecule has 68 valence electrons. The Bertz CT molecular complexity index is 98.0. The van der Waals surface area contributed by atoms with E-state index in [1.807, 2.05) is 0 Å². The summed E-state index contributed by atoms with van der Waals surface area (Å²) in [5.74, 6) is 0. The summed E-state index contributed by atoms with van der Waals surface area (Å²) in [7, 11) is 0. The van der Waals surface area contributed by atoms with Crippen LogP contribution in [0.1, 0.15) is 0 Å². The normalized spacial score (nSPS) is 12.5. The first-order chi connectivity index (χ1) is 4.95. The highest BCUT2D eigenvalue weighted by Gasteiger charge is 2.30. The molecule has 0 fully saturated rings. The van der Waals surface area contributed by atoms with Gasteiger partial charge in [-0.3, -0.25) is 0 Å². The maximum atomic E-state index is 11.3. The molecule has 0 rings (SSSR count). The van der Waals surface area contributed by atoms with Crippen molar-refractivity contribution >= 4 is 0 Å². The molecule has 0 aliphatic carbocycles. The molecule has 0 amide bonds. The van der Waals surface area contributed by atoms with Crippen LogP contribution in [0.5, 0.6) is 0 Å². The number of halogens is 6. The molecule has 3 nitrogen and oxygen atoms in total. The Morgan fingerprint density at radius 2 is 1.18 bits per heavy atom. The van der Waals surface area contributed by atoms with E-state index in [4.69, 9.17) is 0 Å². The Morgan fingerprint density at radius 3 is 1.27 bits per heavy atom. The predicted molar refractivity (Wildman–Crippen MR) is 20.8 cm³/mol. The number of hydrogen-bond acceptors (Lipinski definition) is 3. The first-order valence-electron chi connectivity index (χ1n) is 2.26. The quantitative estimate of drug-likeness (QED) is 0.371. The molecule has 0 atom stereocenters. The fraction of sp³-hybridized carbons (Fsp3) is 1.00. The van der Waals surface area contributed by atoms with Crippen LogP contribution in [0.4, 0.5) is 26.9 Å². The van der Waals surface area contributed by atoms with Crippen molar-refractivity contribution in [2.75, 3.05) is 6.54 Å². The van der Waals surface area contributed by atoms with Crippen LogP contribution in [-0.4, -0.2) is 28.7 Å². The Balaban J connectivity index is 3.90. The summed E-state index contributed by atoms with van der Waals surface area (Å²) >= 11 is 0. The monoisotopic (exact) mass is 183 g/mol. The maximum Gasteiger partial charge on any atom is 0.203 e. The fourth-order valence-electron chi connectivity index (χ4n) is 0.313. The van der Waals surface area contributed by atoms with Crippen molar-refractivity contribution in [2.45, 2.75) is 6.17 Å². The van der Waals surface area contributed by atoms with E-state index in [-0.39, 0.29) is 0 Å². The molecule has 0 radical (unpaired) electrons. The van der Waals surface area contributed by atoms with Gasteiger partial charge in [-0.2, -0.15) is 0 Å². The molecular weight excluding hydrogens is 180 g/mol. The predicted octanol–water partition coefficient (Wildman–Crippen LogP) is 1.53. The first kappa shape index (κ1) is 10.5. The van der Waals surface area contributed by atoms with Crippen molar-refractivity contribution < 1.29 is 26.9 Å². The fourth-order valence-corrected chi connectivity index (χ4v) is 0.313. The van der Waals surface area contributed by atoms with Gasteiger partial charge in [0.05, 0.1) is 0 Å². The zero-order valence-corrected chi connectivity index (χ0v) is 4.89. The lowest BCUT2D eigenvalue weighted by atomic mass is 10.5. The minimum atomic E-state index is -2.91. The standard InChI is InChI=1S/C2H3F6N3/c3-9(4)1-2(10(5)6)11(7)8/h2H,1H2. The summed E-state index contributed by atoms with van der Waals surface area (Å²) in [5.41, 5.74) is 0. The molecule has 11 heavy (non-hydrogen) atoms. The van der Waals surface area contributed by atoms with Gasteiger partial charge >= 0.3 is 0 Å². The number of rotatable bonds is 4. The first-order valence-corrected chi connectivity index (χ1v) is 2.26. The third-order valence-corrected chi connectivity index (χ3v) is 0.752. The third-order valence-electron chi connectivity index (χ3n) is 0.752. The van der Waals surface area contributed by atoms with E-state index in [1.165, 1.54) is 0 Å². The lowest BCUT2D eigenvalue weighted by molar-refractivity contribution is -0.336. The SMILES string of the molecule is FN(F)CC(N(F)F)N(F)F. The average molecular weight is 183 g/mol. The van der Waals surface area contributed by atoms with Gasteiger partial charge in [0.25, 0.3) is 0 Å². The maximum absolute atomic E-state index is 11.3. The lowest BCUT2D eigenvalue weighted by Gasteiger charge is -2.15. The molecule has 0 aliphatic rings. The molecule has 0 aromatic rings.